The maximum absolute atomic E-state index is 13.7. The molecule has 6 aliphatic heterocycles. The van der Waals surface area contributed by atoms with Crippen molar-refractivity contribution in [1.29, 1.82) is 0 Å². The number of phenolic OH excluding ortho intramolecular Hbond substituents is 2. The molecule has 0 bridgehead atoms. The molecule has 762 valence electrons. The Morgan fingerprint density at radius 3 is 1.44 bits per heavy atom. The molecule has 0 aliphatic carbocycles. The first-order valence-corrected chi connectivity index (χ1v) is 44.9. The Morgan fingerprint density at radius 2 is 1.01 bits per heavy atom. The third-order valence-electron chi connectivity index (χ3n) is 20.7. The molecule has 0 aromatic heterocycles. The molecule has 6 aliphatic rings. The number of esters is 6. The molecule has 3 fully saturated rings. The van der Waals surface area contributed by atoms with E-state index in [2.05, 4.69) is 4.74 Å². The molecule has 4 amide bonds. The molecule has 9 aromatic carbocycles. The highest BCUT2D eigenvalue weighted by Crippen LogP contribution is 2.43. The predicted octanol–water partition coefficient (Wildman–Crippen LogP) is 9.66. The highest BCUT2D eigenvalue weighted by molar-refractivity contribution is 7.86. The lowest BCUT2D eigenvalue weighted by Gasteiger charge is -2.35. The van der Waals surface area contributed by atoms with E-state index in [0.29, 0.717) is 59.1 Å². The highest BCUT2D eigenvalue weighted by atomic mass is 32.2. The number of nitrogens with two attached hydrogens (primary N) is 5. The summed E-state index contributed by atoms with van der Waals surface area (Å²) in [6, 6.07) is 60.9. The van der Waals surface area contributed by atoms with Gasteiger partial charge in [0.05, 0.1) is 55.4 Å². The fourth-order valence-electron chi connectivity index (χ4n) is 12.6. The zero-order valence-electron chi connectivity index (χ0n) is 80.4. The van der Waals surface area contributed by atoms with Gasteiger partial charge in [-0.1, -0.05) is 146 Å². The number of rotatable bonds is 22. The van der Waals surface area contributed by atoms with Crippen LogP contribution in [-0.2, 0) is 85.8 Å². The molecule has 9 atom stereocenters. The summed E-state index contributed by atoms with van der Waals surface area (Å²) in [6.45, 7) is 18.9. The summed E-state index contributed by atoms with van der Waals surface area (Å²) >= 11 is 0. The number of carboxylic acids is 3. The van der Waals surface area contributed by atoms with Crippen LogP contribution in [0.2, 0.25) is 0 Å². The quantitative estimate of drug-likeness (QED) is 0.00750. The fraction of sp³-hybridized carbons (Fsp3) is 0.330. The monoisotopic (exact) mass is 1990 g/mol. The van der Waals surface area contributed by atoms with E-state index in [1.54, 1.807) is 151 Å². The SMILES string of the molecule is CC(N)(CN)C(=O)O.CC(N)C(=O)O.CC1(C)OC(=O)c2ccc(O)cc2O1.CC1(CN2C(=O)c3ccccc3C2=O)C(=O)OC(c2ccccc2)N1C(=O)c1ccccc1.CC1C(=O)OC(c2ccccc2)N1C=O.CC1CC(c2ccccc2)OC1=O.COC(=O)C(C)(N)CN.COCCOS(=O)(=O)c1ccc(C)cc1.COCCOc1ccc2c(c1)OC(C)(C)OC2=O.O=C(O)c1ccc(O)cc1O. The van der Waals surface area contributed by atoms with E-state index in [4.69, 9.17) is 106 Å². The lowest BCUT2D eigenvalue weighted by Crippen LogP contribution is -2.57. The minimum atomic E-state index is -3.63. The number of benzene rings is 9. The number of fused-ring (bicyclic) bond motifs is 3. The van der Waals surface area contributed by atoms with E-state index in [1.807, 2.05) is 80.6 Å². The van der Waals surface area contributed by atoms with Gasteiger partial charge in [0.25, 0.3) is 27.8 Å². The van der Waals surface area contributed by atoms with Gasteiger partial charge in [0.15, 0.2) is 5.54 Å². The number of nitrogens with zero attached hydrogens (tertiary/aromatic N) is 3. The fourth-order valence-corrected chi connectivity index (χ4v) is 13.5. The normalized spacial score (nSPS) is 18.7. The molecule has 9 aromatic rings. The minimum absolute atomic E-state index is 0.0244. The van der Waals surface area contributed by atoms with Crippen molar-refractivity contribution in [3.05, 3.63) is 280 Å². The number of hydrogen-bond donors (Lipinski definition) is 11. The van der Waals surface area contributed by atoms with Gasteiger partial charge in [-0.3, -0.25) is 57.2 Å². The molecule has 41 nitrogen and oxygen atoms in total. The summed E-state index contributed by atoms with van der Waals surface area (Å²) < 4.78 is 84.3. The molecule has 42 heteroatoms. The van der Waals surface area contributed by atoms with E-state index in [-0.39, 0.29) is 95.9 Å². The standard InChI is InChI=1S/C26H20N2O5.C13H16O5.C11H11NO3.C11H12O2.C10H14O4S.C10H10O4.C7H6O4.C5H12N2O2.C4H10N2O2.C3H7NO2/c1-26(16-27-22(30)19-14-8-9-15-20(19)23(27)31)25(32)33-24(18-12-6-3-7-13-18)28(26)21(29)17-10-4-2-5-11-17;1-13(2)17-11-8-9(16-7-6-15-3)4-5-10(11)12(14)18-13;1-8-11(14)15-10(12(8)7-13)9-5-3-2-4-6-9;1-8-7-10(13-11(8)12)9-5-3-2-4-6-9;1-9-3-5-10(6-4-9)15(11,12)14-8-7-13-2;1-10(2)13-8-5-6(11)3-4-7(8)9(12)14-10;8-4-1-2-5(7(10)11)6(9)3-4;1-5(7,3-6)4(8)9-2;1-4(6,2-5)3(7)8;1-2(4)3(5)6/h2-15,24H,16H2,1H3;4-5,8H,6-7H2,1-3H3;2-8,10H,1H3;2-6,8,10H,7H2,1H3;3-6H,7-8H2,1-2H3;3-5,11H,1-2H3;1-3,8-9H,(H,10,11);3,6-7H2,1-2H3;2,5-6H2,1H3,(H,7,8);2H,4H2,1H3,(H,5,6). The van der Waals surface area contributed by atoms with Gasteiger partial charge in [-0.2, -0.15) is 8.42 Å². The van der Waals surface area contributed by atoms with E-state index in [0.717, 1.165) is 40.1 Å². The highest BCUT2D eigenvalue weighted by Gasteiger charge is 2.58. The van der Waals surface area contributed by atoms with Crippen molar-refractivity contribution in [2.75, 3.05) is 67.4 Å². The molecule has 6 heterocycles. The van der Waals surface area contributed by atoms with Crippen LogP contribution in [0.15, 0.2) is 229 Å². The van der Waals surface area contributed by atoms with Crippen molar-refractivity contribution in [3.63, 3.8) is 0 Å². The van der Waals surface area contributed by atoms with E-state index in [9.17, 15) is 75.9 Å². The lowest BCUT2D eigenvalue weighted by molar-refractivity contribution is -0.146. The average Bonchev–Trinajstić information content (AvgIpc) is 1.58. The van der Waals surface area contributed by atoms with Gasteiger partial charge >= 0.3 is 53.7 Å². The van der Waals surface area contributed by atoms with Crippen molar-refractivity contribution >= 4 is 88.0 Å². The number of aliphatic carboxylic acids is 2. The van der Waals surface area contributed by atoms with Gasteiger partial charge in [-0.15, -0.1) is 0 Å². The van der Waals surface area contributed by atoms with Crippen LogP contribution in [0.5, 0.6) is 34.5 Å². The third kappa shape index (κ3) is 32.9. The van der Waals surface area contributed by atoms with Crippen LogP contribution in [0.1, 0.15) is 179 Å². The molecular weight excluding hydrogens is 1870 g/mol. The summed E-state index contributed by atoms with van der Waals surface area (Å²) in [6.07, 6.45) is -0.141. The smallest absolute Gasteiger partial charge is 0.345 e. The first kappa shape index (κ1) is 115. The van der Waals surface area contributed by atoms with Crippen LogP contribution in [0.3, 0.4) is 0 Å². The topological polar surface area (TPSA) is 628 Å². The molecule has 0 spiro atoms. The van der Waals surface area contributed by atoms with Gasteiger partial charge in [0.1, 0.15) is 87.1 Å². The number of imide groups is 1. The number of methoxy groups -OCH3 is 3. The molecule has 3 saturated heterocycles. The van der Waals surface area contributed by atoms with Gasteiger partial charge < -0.3 is 111 Å². The number of amides is 4. The second-order valence-corrected chi connectivity index (χ2v) is 35.0. The van der Waals surface area contributed by atoms with Crippen molar-refractivity contribution in [3.8, 4) is 34.5 Å². The Balaban J connectivity index is 0.000000251. The first-order chi connectivity index (χ1) is 66.8. The number of ether oxygens (including phenoxy) is 11. The first-order valence-electron chi connectivity index (χ1n) is 43.5. The van der Waals surface area contributed by atoms with Gasteiger partial charge in [-0.05, 0) is 120 Å². The number of cyclic esters (lactones) is 5. The maximum atomic E-state index is 13.7. The summed E-state index contributed by atoms with van der Waals surface area (Å²) in [5.41, 5.74) is 26.6. The van der Waals surface area contributed by atoms with E-state index >= 15 is 0 Å². The van der Waals surface area contributed by atoms with Crippen molar-refractivity contribution in [2.45, 2.75) is 146 Å². The van der Waals surface area contributed by atoms with Crippen LogP contribution in [0.25, 0.3) is 0 Å². The van der Waals surface area contributed by atoms with Crippen LogP contribution in [-0.4, -0.2) is 239 Å². The Bertz CT molecular complexity index is 5920. The zero-order valence-corrected chi connectivity index (χ0v) is 81.2. The second-order valence-electron chi connectivity index (χ2n) is 33.3. The molecule has 142 heavy (non-hydrogen) atoms. The number of carbonyl (C=O) groups is 13. The second kappa shape index (κ2) is 52.7. The number of carboxylic acid groups (broad SMARTS) is 3. The van der Waals surface area contributed by atoms with E-state index in [1.165, 1.54) is 88.1 Å². The Labute approximate surface area is 819 Å². The van der Waals surface area contributed by atoms with Crippen molar-refractivity contribution in [2.24, 2.45) is 34.6 Å². The molecule has 0 saturated carbocycles. The largest absolute Gasteiger partial charge is 0.508 e. The third-order valence-corrected chi connectivity index (χ3v) is 22.0. The molecule has 9 unspecified atom stereocenters. The number of carbonyl (C=O) groups excluding carboxylic acids is 10. The minimum Gasteiger partial charge on any atom is -0.508 e. The number of aryl methyl sites for hydroxylation is 1. The Morgan fingerprint density at radius 1 is 0.549 bits per heavy atom. The van der Waals surface area contributed by atoms with Crippen LogP contribution >= 0.6 is 0 Å². The number of phenols is 3. The van der Waals surface area contributed by atoms with Crippen molar-refractivity contribution in [1.82, 2.24) is 14.7 Å². The lowest BCUT2D eigenvalue weighted by atomic mass is 9.97. The van der Waals surface area contributed by atoms with Gasteiger partial charge in [-0.25, -0.2) is 24.0 Å². The van der Waals surface area contributed by atoms with Crippen LogP contribution in [0, 0.1) is 12.8 Å². The summed E-state index contributed by atoms with van der Waals surface area (Å²) in [4.78, 5) is 154. The Kier molecular flexibility index (Phi) is 42.8. The summed E-state index contributed by atoms with van der Waals surface area (Å²) in [7, 11) is 0.749. The maximum Gasteiger partial charge on any atom is 0.345 e. The Hall–Kier alpha value is -15.3. The van der Waals surface area contributed by atoms with Crippen molar-refractivity contribution < 1.29 is 158 Å². The van der Waals surface area contributed by atoms with Crippen LogP contribution < -0.4 is 42.9 Å². The molecule has 16 N–H and O–H groups in total. The molecule has 15 rings (SSSR count). The average molecular weight is 1990 g/mol. The van der Waals surface area contributed by atoms with Gasteiger partial charge in [0, 0.05) is 96.3 Å². The van der Waals surface area contributed by atoms with E-state index < -0.39 is 122 Å². The summed E-state index contributed by atoms with van der Waals surface area (Å²) in [5, 5.41) is 51.4. The summed E-state index contributed by atoms with van der Waals surface area (Å²) in [5.74, 6) is -8.05. The zero-order chi connectivity index (χ0) is 106. The molecule has 0 radical (unpaired) electrons. The number of aromatic carboxylic acids is 1. The van der Waals surface area contributed by atoms with Gasteiger partial charge in [0.2, 0.25) is 30.4 Å². The number of hydrogen-bond acceptors (Lipinski definition) is 35. The molecular formula is C100H118N8O33S. The number of aromatic hydroxyl groups is 3. The predicted molar refractivity (Wildman–Crippen MR) is 509 cm³/mol. The van der Waals surface area contributed by atoms with Crippen LogP contribution in [0.4, 0.5) is 0 Å².